The Bertz CT molecular complexity index is 845. The Morgan fingerprint density at radius 2 is 1.17 bits per heavy atom. The molecule has 280 valence electrons. The first kappa shape index (κ1) is 44.2. The van der Waals surface area contributed by atoms with Crippen molar-refractivity contribution in [2.75, 3.05) is 19.8 Å². The summed E-state index contributed by atoms with van der Waals surface area (Å²) in [6, 6.07) is 0. The first-order chi connectivity index (χ1) is 23.3. The van der Waals surface area contributed by atoms with Crippen LogP contribution in [-0.4, -0.2) is 89.0 Å². The molecular formula is C38H68O10. The number of unbranched alkanes of at least 4 members (excludes halogenated alkanes) is 15. The highest BCUT2D eigenvalue weighted by molar-refractivity contribution is 5.70. The number of esters is 2. The Labute approximate surface area is 290 Å². The molecule has 0 aromatic heterocycles. The maximum absolute atomic E-state index is 12.7. The van der Waals surface area contributed by atoms with Gasteiger partial charge in [-0.25, -0.2) is 0 Å². The van der Waals surface area contributed by atoms with Gasteiger partial charge in [-0.15, -0.1) is 0 Å². The van der Waals surface area contributed by atoms with Crippen LogP contribution < -0.4 is 0 Å². The van der Waals surface area contributed by atoms with Gasteiger partial charge in [0.2, 0.25) is 0 Å². The number of hydrogen-bond acceptors (Lipinski definition) is 10. The van der Waals surface area contributed by atoms with Crippen LogP contribution in [0.4, 0.5) is 0 Å². The minimum atomic E-state index is -1.59. The van der Waals surface area contributed by atoms with E-state index >= 15 is 0 Å². The minimum absolute atomic E-state index is 0.216. The number of aliphatic hydroxyl groups is 4. The van der Waals surface area contributed by atoms with Crippen LogP contribution in [0.2, 0.25) is 0 Å². The van der Waals surface area contributed by atoms with E-state index in [2.05, 4.69) is 38.2 Å². The highest BCUT2D eigenvalue weighted by Crippen LogP contribution is 2.22. The Morgan fingerprint density at radius 1 is 0.646 bits per heavy atom. The zero-order valence-electron chi connectivity index (χ0n) is 30.0. The summed E-state index contributed by atoms with van der Waals surface area (Å²) >= 11 is 0. The van der Waals surface area contributed by atoms with Crippen LogP contribution in [0, 0.1) is 0 Å². The average Bonchev–Trinajstić information content (AvgIpc) is 3.08. The summed E-state index contributed by atoms with van der Waals surface area (Å²) < 4.78 is 22.0. The number of hydrogen-bond donors (Lipinski definition) is 4. The van der Waals surface area contributed by atoms with E-state index in [-0.39, 0.29) is 32.0 Å². The molecule has 0 bridgehead atoms. The van der Waals surface area contributed by atoms with Gasteiger partial charge in [-0.3, -0.25) is 9.59 Å². The monoisotopic (exact) mass is 684 g/mol. The van der Waals surface area contributed by atoms with E-state index in [1.165, 1.54) is 51.4 Å². The summed E-state index contributed by atoms with van der Waals surface area (Å²) in [6.07, 6.45) is 22.0. The SMILES string of the molecule is CCCCC/C=C\C/C=C\CCCCCCCC(=O)OC(COC(=O)CCCCCCCCCC)COC1OC(CO)C(O)C(O)C1O. The molecule has 6 atom stereocenters. The van der Waals surface area contributed by atoms with E-state index in [0.717, 1.165) is 64.2 Å². The molecule has 1 aliphatic heterocycles. The van der Waals surface area contributed by atoms with Crippen LogP contribution in [0.25, 0.3) is 0 Å². The van der Waals surface area contributed by atoms with E-state index in [0.29, 0.717) is 6.42 Å². The lowest BCUT2D eigenvalue weighted by Gasteiger charge is -2.39. The van der Waals surface area contributed by atoms with E-state index in [9.17, 15) is 30.0 Å². The molecule has 0 aromatic rings. The summed E-state index contributed by atoms with van der Waals surface area (Å²) in [5.74, 6) is -0.828. The van der Waals surface area contributed by atoms with Crippen LogP contribution in [0.15, 0.2) is 24.3 Å². The van der Waals surface area contributed by atoms with Crippen LogP contribution in [0.1, 0.15) is 149 Å². The van der Waals surface area contributed by atoms with Gasteiger partial charge in [-0.05, 0) is 44.9 Å². The summed E-state index contributed by atoms with van der Waals surface area (Å²) in [5.41, 5.74) is 0. The highest BCUT2D eigenvalue weighted by Gasteiger charge is 2.44. The molecular weight excluding hydrogens is 616 g/mol. The molecule has 1 heterocycles. The zero-order chi connectivity index (χ0) is 35.2. The third-order valence-corrected chi connectivity index (χ3v) is 8.59. The van der Waals surface area contributed by atoms with Crippen molar-refractivity contribution in [3.63, 3.8) is 0 Å². The van der Waals surface area contributed by atoms with Gasteiger partial charge in [-0.1, -0.05) is 115 Å². The topological polar surface area (TPSA) is 152 Å². The van der Waals surface area contributed by atoms with Crippen LogP contribution >= 0.6 is 0 Å². The second-order valence-electron chi connectivity index (χ2n) is 13.0. The number of ether oxygens (including phenoxy) is 4. The molecule has 0 saturated carbocycles. The van der Waals surface area contributed by atoms with Crippen LogP contribution in [0.5, 0.6) is 0 Å². The molecule has 4 N–H and O–H groups in total. The van der Waals surface area contributed by atoms with Crippen molar-refractivity contribution in [1.29, 1.82) is 0 Å². The minimum Gasteiger partial charge on any atom is -0.462 e. The third-order valence-electron chi connectivity index (χ3n) is 8.59. The predicted molar refractivity (Wildman–Crippen MR) is 187 cm³/mol. The van der Waals surface area contributed by atoms with Crippen LogP contribution in [0.3, 0.4) is 0 Å². The molecule has 10 heteroatoms. The van der Waals surface area contributed by atoms with Gasteiger partial charge < -0.3 is 39.4 Å². The molecule has 0 aromatic carbocycles. The summed E-state index contributed by atoms with van der Waals surface area (Å²) in [6.45, 7) is 3.32. The Balaban J connectivity index is 2.41. The van der Waals surface area contributed by atoms with E-state index in [4.69, 9.17) is 18.9 Å². The molecule has 1 fully saturated rings. The summed E-state index contributed by atoms with van der Waals surface area (Å²) in [4.78, 5) is 25.1. The molecule has 0 spiro atoms. The van der Waals surface area contributed by atoms with Gasteiger partial charge in [0.15, 0.2) is 12.4 Å². The maximum atomic E-state index is 12.7. The van der Waals surface area contributed by atoms with Gasteiger partial charge >= 0.3 is 11.9 Å². The standard InChI is InChI=1S/C38H68O10/c1-3-5-7-9-11-13-14-15-16-17-18-19-21-23-25-27-34(41)47-31(29-45-33(40)26-24-22-20-12-10-8-6-4-2)30-46-38-37(44)36(43)35(42)32(28-39)48-38/h11,13,15-16,31-32,35-39,42-44H,3-10,12,14,17-30H2,1-2H3/b13-11-,16-15-. The second kappa shape index (κ2) is 30.0. The fourth-order valence-corrected chi connectivity index (χ4v) is 5.51. The first-order valence-electron chi connectivity index (χ1n) is 18.9. The lowest BCUT2D eigenvalue weighted by atomic mass is 9.99. The van der Waals surface area contributed by atoms with E-state index in [1.807, 2.05) is 0 Å². The van der Waals surface area contributed by atoms with Crippen molar-refractivity contribution in [2.24, 2.45) is 0 Å². The smallest absolute Gasteiger partial charge is 0.306 e. The van der Waals surface area contributed by atoms with Gasteiger partial charge in [-0.2, -0.15) is 0 Å². The number of carbonyl (C=O) groups excluding carboxylic acids is 2. The lowest BCUT2D eigenvalue weighted by molar-refractivity contribution is -0.305. The molecule has 0 aliphatic carbocycles. The molecule has 6 unspecified atom stereocenters. The number of allylic oxidation sites excluding steroid dienone is 4. The molecule has 1 aliphatic rings. The Morgan fingerprint density at radius 3 is 1.77 bits per heavy atom. The Kier molecular flexibility index (Phi) is 27.7. The maximum Gasteiger partial charge on any atom is 0.306 e. The van der Waals surface area contributed by atoms with Crippen molar-refractivity contribution in [3.05, 3.63) is 24.3 Å². The zero-order valence-corrected chi connectivity index (χ0v) is 30.0. The van der Waals surface area contributed by atoms with Crippen molar-refractivity contribution in [2.45, 2.75) is 185 Å². The van der Waals surface area contributed by atoms with Crippen molar-refractivity contribution >= 4 is 11.9 Å². The van der Waals surface area contributed by atoms with Gasteiger partial charge in [0.25, 0.3) is 0 Å². The molecule has 10 nitrogen and oxygen atoms in total. The van der Waals surface area contributed by atoms with Gasteiger partial charge in [0.1, 0.15) is 31.0 Å². The number of carbonyl (C=O) groups is 2. The normalized spacial score (nSPS) is 22.0. The van der Waals surface area contributed by atoms with E-state index < -0.39 is 49.4 Å². The van der Waals surface area contributed by atoms with Crippen molar-refractivity contribution in [3.8, 4) is 0 Å². The van der Waals surface area contributed by atoms with Crippen molar-refractivity contribution < 1.29 is 49.0 Å². The van der Waals surface area contributed by atoms with Gasteiger partial charge in [0, 0.05) is 12.8 Å². The molecule has 1 rings (SSSR count). The molecule has 1 saturated heterocycles. The average molecular weight is 685 g/mol. The lowest BCUT2D eigenvalue weighted by Crippen LogP contribution is -2.59. The highest BCUT2D eigenvalue weighted by atomic mass is 16.7. The third kappa shape index (κ3) is 22.0. The van der Waals surface area contributed by atoms with Crippen molar-refractivity contribution in [1.82, 2.24) is 0 Å². The summed E-state index contributed by atoms with van der Waals surface area (Å²) in [5, 5.41) is 39.8. The molecule has 0 amide bonds. The van der Waals surface area contributed by atoms with Gasteiger partial charge in [0.05, 0.1) is 13.2 Å². The number of rotatable bonds is 30. The quantitative estimate of drug-likeness (QED) is 0.0370. The van der Waals surface area contributed by atoms with Crippen LogP contribution in [-0.2, 0) is 28.5 Å². The summed E-state index contributed by atoms with van der Waals surface area (Å²) in [7, 11) is 0. The van der Waals surface area contributed by atoms with E-state index in [1.54, 1.807) is 0 Å². The molecule has 0 radical (unpaired) electrons. The Hall–Kier alpha value is -1.82. The predicted octanol–water partition coefficient (Wildman–Crippen LogP) is 6.60. The second-order valence-corrected chi connectivity index (χ2v) is 13.0. The first-order valence-corrected chi connectivity index (χ1v) is 18.9. The fraction of sp³-hybridized carbons (Fsp3) is 0.842. The fourth-order valence-electron chi connectivity index (χ4n) is 5.51. The number of aliphatic hydroxyl groups excluding tert-OH is 4. The largest absolute Gasteiger partial charge is 0.462 e. The molecule has 48 heavy (non-hydrogen) atoms.